The molecule has 0 atom stereocenters. The molecular weight excluding hydrogens is 330 g/mol. The van der Waals surface area contributed by atoms with E-state index in [-0.39, 0.29) is 18.3 Å². The van der Waals surface area contributed by atoms with E-state index in [2.05, 4.69) is 17.3 Å². The van der Waals surface area contributed by atoms with E-state index in [1.54, 1.807) is 16.8 Å². The molecule has 0 unspecified atom stereocenters. The fourth-order valence-corrected chi connectivity index (χ4v) is 2.64. The van der Waals surface area contributed by atoms with Gasteiger partial charge in [-0.15, -0.1) is 0 Å². The van der Waals surface area contributed by atoms with Crippen molar-refractivity contribution in [2.45, 2.75) is 33.4 Å². The normalized spacial score (nSPS) is 10.7. The average Bonchev–Trinajstić information content (AvgIpc) is 3.24. The lowest BCUT2D eigenvalue weighted by Crippen LogP contribution is -2.23. The highest BCUT2D eigenvalue weighted by atomic mass is 16.5. The molecule has 2 aromatic heterocycles. The van der Waals surface area contributed by atoms with Gasteiger partial charge in [0.2, 0.25) is 0 Å². The summed E-state index contributed by atoms with van der Waals surface area (Å²) in [7, 11) is 1.85. The number of carbonyl (C=O) groups is 1. The van der Waals surface area contributed by atoms with Crippen LogP contribution in [0.1, 0.15) is 40.2 Å². The molecule has 1 N–H and O–H groups in total. The van der Waals surface area contributed by atoms with Crippen molar-refractivity contribution >= 4 is 5.91 Å². The van der Waals surface area contributed by atoms with Crippen LogP contribution in [0.2, 0.25) is 0 Å². The SMILES string of the molecule is CCc1ccc(OCc2ccc(C(=O)NCc3cc(C)nn3C)o2)cc1. The minimum absolute atomic E-state index is 0.262. The molecule has 0 saturated heterocycles. The third-order valence-electron chi connectivity index (χ3n) is 4.13. The number of nitrogens with one attached hydrogen (secondary N) is 1. The van der Waals surface area contributed by atoms with Gasteiger partial charge in [-0.2, -0.15) is 5.10 Å². The largest absolute Gasteiger partial charge is 0.486 e. The van der Waals surface area contributed by atoms with Crippen molar-refractivity contribution in [2.75, 3.05) is 0 Å². The third kappa shape index (κ3) is 4.33. The van der Waals surface area contributed by atoms with Crippen molar-refractivity contribution in [1.29, 1.82) is 0 Å². The summed E-state index contributed by atoms with van der Waals surface area (Å²) >= 11 is 0. The standard InChI is InChI=1S/C20H23N3O3/c1-4-15-5-7-17(8-6-15)25-13-18-9-10-19(26-18)20(24)21-12-16-11-14(2)22-23(16)3/h5-11H,4,12-13H2,1-3H3,(H,21,24). The van der Waals surface area contributed by atoms with Crippen molar-refractivity contribution < 1.29 is 13.9 Å². The van der Waals surface area contributed by atoms with Gasteiger partial charge in [-0.3, -0.25) is 9.48 Å². The number of hydrogen-bond acceptors (Lipinski definition) is 4. The first kappa shape index (κ1) is 17.8. The highest BCUT2D eigenvalue weighted by Gasteiger charge is 2.12. The molecule has 6 heteroatoms. The van der Waals surface area contributed by atoms with Crippen molar-refractivity contribution in [3.05, 3.63) is 70.9 Å². The highest BCUT2D eigenvalue weighted by molar-refractivity contribution is 5.91. The number of rotatable bonds is 7. The zero-order valence-corrected chi connectivity index (χ0v) is 15.3. The van der Waals surface area contributed by atoms with Gasteiger partial charge in [-0.05, 0) is 49.2 Å². The Balaban J connectivity index is 1.53. The van der Waals surface area contributed by atoms with Crippen LogP contribution in [-0.4, -0.2) is 15.7 Å². The molecule has 3 rings (SSSR count). The average molecular weight is 353 g/mol. The number of furan rings is 1. The lowest BCUT2D eigenvalue weighted by molar-refractivity contribution is 0.0918. The monoisotopic (exact) mass is 353 g/mol. The smallest absolute Gasteiger partial charge is 0.287 e. The Hall–Kier alpha value is -3.02. The number of aromatic nitrogens is 2. The molecule has 136 valence electrons. The minimum atomic E-state index is -0.262. The molecule has 0 bridgehead atoms. The van der Waals surface area contributed by atoms with E-state index >= 15 is 0 Å². The molecule has 0 aliphatic rings. The maximum atomic E-state index is 12.2. The molecular formula is C20H23N3O3. The number of carbonyl (C=O) groups excluding carboxylic acids is 1. The first-order valence-electron chi connectivity index (χ1n) is 8.63. The van der Waals surface area contributed by atoms with Crippen molar-refractivity contribution in [2.24, 2.45) is 7.05 Å². The van der Waals surface area contributed by atoms with Crippen LogP contribution >= 0.6 is 0 Å². The van der Waals surface area contributed by atoms with Gasteiger partial charge < -0.3 is 14.5 Å². The van der Waals surface area contributed by atoms with Gasteiger partial charge in [-0.25, -0.2) is 0 Å². The first-order valence-corrected chi connectivity index (χ1v) is 8.63. The molecule has 0 radical (unpaired) electrons. The molecule has 1 amide bonds. The van der Waals surface area contributed by atoms with Crippen molar-refractivity contribution in [3.63, 3.8) is 0 Å². The molecule has 0 saturated carbocycles. The fourth-order valence-electron chi connectivity index (χ4n) is 2.64. The van der Waals surface area contributed by atoms with E-state index in [0.717, 1.165) is 23.6 Å². The maximum absolute atomic E-state index is 12.2. The second kappa shape index (κ2) is 7.91. The Bertz CT molecular complexity index is 878. The van der Waals surface area contributed by atoms with Gasteiger partial charge in [0.15, 0.2) is 5.76 Å². The van der Waals surface area contributed by atoms with Crippen LogP contribution in [0.3, 0.4) is 0 Å². The van der Waals surface area contributed by atoms with Crippen molar-refractivity contribution in [3.8, 4) is 5.75 Å². The Morgan fingerprint density at radius 2 is 2.00 bits per heavy atom. The molecule has 3 aromatic rings. The van der Waals surface area contributed by atoms with Gasteiger partial charge in [0, 0.05) is 7.05 Å². The van der Waals surface area contributed by atoms with E-state index in [1.165, 1.54) is 5.56 Å². The molecule has 0 fully saturated rings. The van der Waals surface area contributed by atoms with E-state index in [1.807, 2.05) is 44.3 Å². The summed E-state index contributed by atoms with van der Waals surface area (Å²) in [6, 6.07) is 13.3. The van der Waals surface area contributed by atoms with Crippen LogP contribution in [0.15, 0.2) is 46.9 Å². The van der Waals surface area contributed by atoms with E-state index in [9.17, 15) is 4.79 Å². The Kier molecular flexibility index (Phi) is 5.41. The number of benzene rings is 1. The quantitative estimate of drug-likeness (QED) is 0.707. The Labute approximate surface area is 152 Å². The first-order chi connectivity index (χ1) is 12.5. The zero-order valence-electron chi connectivity index (χ0n) is 15.3. The van der Waals surface area contributed by atoms with Gasteiger partial charge in [0.05, 0.1) is 17.9 Å². The summed E-state index contributed by atoms with van der Waals surface area (Å²) in [4.78, 5) is 12.2. The van der Waals surface area contributed by atoms with E-state index in [0.29, 0.717) is 12.3 Å². The van der Waals surface area contributed by atoms with Crippen LogP contribution in [0.25, 0.3) is 0 Å². The third-order valence-corrected chi connectivity index (χ3v) is 4.13. The summed E-state index contributed by atoms with van der Waals surface area (Å²) in [5, 5.41) is 7.09. The summed E-state index contributed by atoms with van der Waals surface area (Å²) in [6.07, 6.45) is 0.995. The number of ether oxygens (including phenoxy) is 1. The molecule has 0 aliphatic carbocycles. The zero-order chi connectivity index (χ0) is 18.5. The van der Waals surface area contributed by atoms with E-state index in [4.69, 9.17) is 9.15 Å². The Morgan fingerprint density at radius 3 is 2.65 bits per heavy atom. The lowest BCUT2D eigenvalue weighted by atomic mass is 10.2. The summed E-state index contributed by atoms with van der Waals surface area (Å²) in [5.74, 6) is 1.38. The number of amides is 1. The van der Waals surface area contributed by atoms with E-state index < -0.39 is 0 Å². The van der Waals surface area contributed by atoms with Gasteiger partial charge in [0.1, 0.15) is 18.1 Å². The predicted octanol–water partition coefficient (Wildman–Crippen LogP) is 3.39. The molecule has 6 nitrogen and oxygen atoms in total. The summed E-state index contributed by atoms with van der Waals surface area (Å²) < 4.78 is 13.0. The number of aryl methyl sites for hydroxylation is 3. The molecule has 26 heavy (non-hydrogen) atoms. The highest BCUT2D eigenvalue weighted by Crippen LogP contribution is 2.16. The summed E-state index contributed by atoms with van der Waals surface area (Å²) in [5.41, 5.74) is 3.11. The molecule has 0 aliphatic heterocycles. The summed E-state index contributed by atoms with van der Waals surface area (Å²) in [6.45, 7) is 4.70. The van der Waals surface area contributed by atoms with Crippen LogP contribution in [-0.2, 0) is 26.6 Å². The minimum Gasteiger partial charge on any atom is -0.486 e. The Morgan fingerprint density at radius 1 is 1.23 bits per heavy atom. The molecule has 1 aromatic carbocycles. The number of nitrogens with zero attached hydrogens (tertiary/aromatic N) is 2. The van der Waals surface area contributed by atoms with Crippen LogP contribution in [0, 0.1) is 6.92 Å². The van der Waals surface area contributed by atoms with Gasteiger partial charge >= 0.3 is 0 Å². The molecule has 0 spiro atoms. The fraction of sp³-hybridized carbons (Fsp3) is 0.300. The van der Waals surface area contributed by atoms with Gasteiger partial charge in [-0.1, -0.05) is 19.1 Å². The van der Waals surface area contributed by atoms with Crippen molar-refractivity contribution in [1.82, 2.24) is 15.1 Å². The molecule has 2 heterocycles. The topological polar surface area (TPSA) is 69.3 Å². The predicted molar refractivity (Wildman–Crippen MR) is 98.0 cm³/mol. The van der Waals surface area contributed by atoms with Gasteiger partial charge in [0.25, 0.3) is 5.91 Å². The number of hydrogen-bond donors (Lipinski definition) is 1. The van der Waals surface area contributed by atoms with Crippen LogP contribution < -0.4 is 10.1 Å². The van der Waals surface area contributed by atoms with Crippen LogP contribution in [0.4, 0.5) is 0 Å². The second-order valence-electron chi connectivity index (χ2n) is 6.14. The second-order valence-corrected chi connectivity index (χ2v) is 6.14. The van der Waals surface area contributed by atoms with Crippen LogP contribution in [0.5, 0.6) is 5.75 Å². The maximum Gasteiger partial charge on any atom is 0.287 e. The lowest BCUT2D eigenvalue weighted by Gasteiger charge is -2.05.